The molecule has 4 nitrogen and oxygen atoms in total. The zero-order valence-corrected chi connectivity index (χ0v) is 9.48. The lowest BCUT2D eigenvalue weighted by atomic mass is 9.93. The maximum absolute atomic E-state index is 8.56. The molecular formula is C14H10N2O2. The number of nitrogens with zero attached hydrogens (tertiary/aromatic N) is 2. The fraction of sp³-hybridized carbons (Fsp3) is 0.143. The molecule has 18 heavy (non-hydrogen) atoms. The van der Waals surface area contributed by atoms with E-state index in [0.29, 0.717) is 0 Å². The Bertz CT molecular complexity index is 517. The average molecular weight is 238 g/mol. The number of benzene rings is 1. The summed E-state index contributed by atoms with van der Waals surface area (Å²) in [7, 11) is 0. The van der Waals surface area contributed by atoms with Crippen molar-refractivity contribution in [1.82, 2.24) is 0 Å². The van der Waals surface area contributed by atoms with E-state index in [4.69, 9.17) is 20.0 Å². The van der Waals surface area contributed by atoms with Gasteiger partial charge in [0.15, 0.2) is 0 Å². The summed E-state index contributed by atoms with van der Waals surface area (Å²) >= 11 is 0. The minimum atomic E-state index is -1.39. The molecule has 2 rings (SSSR count). The van der Waals surface area contributed by atoms with Crippen LogP contribution in [0.2, 0.25) is 0 Å². The largest absolute Gasteiger partial charge is 0.373 e. The van der Waals surface area contributed by atoms with E-state index in [1.807, 2.05) is 42.5 Å². The molecule has 0 atom stereocenters. The lowest BCUT2D eigenvalue weighted by Crippen LogP contribution is -2.30. The molecule has 0 radical (unpaired) electrons. The van der Waals surface area contributed by atoms with Gasteiger partial charge in [0.1, 0.15) is 0 Å². The van der Waals surface area contributed by atoms with E-state index in [9.17, 15) is 0 Å². The Morgan fingerprint density at radius 2 is 1.50 bits per heavy atom. The van der Waals surface area contributed by atoms with E-state index >= 15 is 0 Å². The van der Waals surface area contributed by atoms with Crippen molar-refractivity contribution in [3.8, 4) is 12.5 Å². The van der Waals surface area contributed by atoms with Crippen LogP contribution in [0.3, 0.4) is 0 Å². The molecule has 0 spiro atoms. The normalized spacial score (nSPS) is 16.6. The summed E-state index contributed by atoms with van der Waals surface area (Å²) in [6.07, 6.45) is 9.89. The molecule has 0 saturated heterocycles. The number of hydrogen-bond donors (Lipinski definition) is 0. The highest BCUT2D eigenvalue weighted by atomic mass is 16.7. The topological polar surface area (TPSA) is 66.0 Å². The smallest absolute Gasteiger partial charge is 0.314 e. The zero-order chi connectivity index (χ0) is 12.8. The summed E-state index contributed by atoms with van der Waals surface area (Å²) in [6, 6.07) is 9.86. The highest BCUT2D eigenvalue weighted by Gasteiger charge is 2.31. The van der Waals surface area contributed by atoms with E-state index in [1.165, 1.54) is 12.5 Å². The second kappa shape index (κ2) is 5.07. The van der Waals surface area contributed by atoms with Crippen LogP contribution in [0.15, 0.2) is 54.6 Å². The van der Waals surface area contributed by atoms with Gasteiger partial charge in [0.25, 0.3) is 12.5 Å². The van der Waals surface area contributed by atoms with E-state index in [1.54, 1.807) is 12.2 Å². The van der Waals surface area contributed by atoms with Gasteiger partial charge in [-0.2, -0.15) is 10.5 Å². The fourth-order valence-corrected chi connectivity index (χ4v) is 1.79. The number of rotatable bonds is 3. The van der Waals surface area contributed by atoms with Crippen molar-refractivity contribution in [2.45, 2.75) is 11.7 Å². The molecule has 88 valence electrons. The average Bonchev–Trinajstić information content (AvgIpc) is 2.41. The molecule has 0 heterocycles. The van der Waals surface area contributed by atoms with Crippen molar-refractivity contribution in [3.63, 3.8) is 0 Å². The third kappa shape index (κ3) is 2.34. The number of ether oxygens (including phenoxy) is 2. The Labute approximate surface area is 105 Å². The molecule has 0 saturated carbocycles. The van der Waals surface area contributed by atoms with Crippen molar-refractivity contribution < 1.29 is 9.47 Å². The minimum Gasteiger partial charge on any atom is -0.373 e. The van der Waals surface area contributed by atoms with Crippen LogP contribution in [-0.2, 0) is 9.47 Å². The number of hydrogen-bond acceptors (Lipinski definition) is 4. The van der Waals surface area contributed by atoms with Crippen LogP contribution in [-0.4, -0.2) is 5.79 Å². The van der Waals surface area contributed by atoms with Crippen LogP contribution in [0.25, 0.3) is 0 Å². The second-order valence-electron chi connectivity index (χ2n) is 3.76. The van der Waals surface area contributed by atoms with Gasteiger partial charge in [-0.25, -0.2) is 0 Å². The SMILES string of the molecule is N#COC1(OC#N)C=CC(c2ccccc2)C=C1. The van der Waals surface area contributed by atoms with Crippen molar-refractivity contribution in [2.24, 2.45) is 0 Å². The van der Waals surface area contributed by atoms with Crippen LogP contribution in [0.1, 0.15) is 11.5 Å². The standard InChI is InChI=1S/C14H10N2O2/c15-10-17-14(18-11-16)8-6-13(7-9-14)12-4-2-1-3-5-12/h1-9,13H. The summed E-state index contributed by atoms with van der Waals surface area (Å²) < 4.78 is 9.56. The lowest BCUT2D eigenvalue weighted by molar-refractivity contribution is -0.0776. The van der Waals surface area contributed by atoms with Gasteiger partial charge in [0.05, 0.1) is 0 Å². The monoisotopic (exact) mass is 238 g/mol. The molecule has 0 aliphatic heterocycles. The summed E-state index contributed by atoms with van der Waals surface area (Å²) in [5, 5.41) is 17.1. The third-order valence-electron chi connectivity index (χ3n) is 2.67. The molecule has 1 aliphatic rings. The first-order valence-electron chi connectivity index (χ1n) is 5.37. The van der Waals surface area contributed by atoms with Crippen LogP contribution < -0.4 is 0 Å². The molecule has 0 bridgehead atoms. The predicted octanol–water partition coefficient (Wildman–Crippen LogP) is 2.59. The Kier molecular flexibility index (Phi) is 3.31. The molecule has 0 N–H and O–H groups in total. The van der Waals surface area contributed by atoms with Gasteiger partial charge >= 0.3 is 5.79 Å². The van der Waals surface area contributed by atoms with Gasteiger partial charge in [0, 0.05) is 18.1 Å². The first-order chi connectivity index (χ1) is 8.79. The molecule has 0 amide bonds. The quantitative estimate of drug-likeness (QED) is 0.461. The van der Waals surface area contributed by atoms with Gasteiger partial charge in [-0.1, -0.05) is 42.5 Å². The Morgan fingerprint density at radius 3 is 2.00 bits per heavy atom. The zero-order valence-electron chi connectivity index (χ0n) is 9.48. The van der Waals surface area contributed by atoms with Gasteiger partial charge < -0.3 is 9.47 Å². The molecule has 4 heteroatoms. The summed E-state index contributed by atoms with van der Waals surface area (Å²) in [6.45, 7) is 0. The Morgan fingerprint density at radius 1 is 0.944 bits per heavy atom. The summed E-state index contributed by atoms with van der Waals surface area (Å²) in [5.74, 6) is -1.31. The molecule has 1 aliphatic carbocycles. The van der Waals surface area contributed by atoms with Crippen LogP contribution >= 0.6 is 0 Å². The fourth-order valence-electron chi connectivity index (χ4n) is 1.79. The third-order valence-corrected chi connectivity index (χ3v) is 2.67. The lowest BCUT2D eigenvalue weighted by Gasteiger charge is -2.24. The summed E-state index contributed by atoms with van der Waals surface area (Å²) in [4.78, 5) is 0. The molecule has 1 aromatic rings. The molecular weight excluding hydrogens is 228 g/mol. The Balaban J connectivity index is 2.20. The Hall–Kier alpha value is -2.72. The van der Waals surface area contributed by atoms with Crippen molar-refractivity contribution in [1.29, 1.82) is 10.5 Å². The van der Waals surface area contributed by atoms with Crippen LogP contribution in [0.5, 0.6) is 0 Å². The van der Waals surface area contributed by atoms with Gasteiger partial charge in [-0.05, 0) is 5.56 Å². The highest BCUT2D eigenvalue weighted by molar-refractivity contribution is 5.34. The van der Waals surface area contributed by atoms with Crippen LogP contribution in [0.4, 0.5) is 0 Å². The predicted molar refractivity (Wildman–Crippen MR) is 63.6 cm³/mol. The minimum absolute atomic E-state index is 0.0870. The van der Waals surface area contributed by atoms with Crippen LogP contribution in [0, 0.1) is 23.0 Å². The van der Waals surface area contributed by atoms with E-state index in [2.05, 4.69) is 0 Å². The van der Waals surface area contributed by atoms with E-state index in [-0.39, 0.29) is 5.92 Å². The first kappa shape index (κ1) is 11.8. The van der Waals surface area contributed by atoms with Crippen molar-refractivity contribution >= 4 is 0 Å². The first-order valence-corrected chi connectivity index (χ1v) is 5.37. The molecule has 0 unspecified atom stereocenters. The van der Waals surface area contributed by atoms with E-state index in [0.717, 1.165) is 5.56 Å². The number of nitriles is 2. The maximum atomic E-state index is 8.56. The number of allylic oxidation sites excluding steroid dienone is 2. The second-order valence-corrected chi connectivity index (χ2v) is 3.76. The van der Waals surface area contributed by atoms with Crippen molar-refractivity contribution in [2.75, 3.05) is 0 Å². The molecule has 1 aromatic carbocycles. The molecule has 0 aromatic heterocycles. The molecule has 0 fully saturated rings. The van der Waals surface area contributed by atoms with Gasteiger partial charge in [-0.15, -0.1) is 0 Å². The highest BCUT2D eigenvalue weighted by Crippen LogP contribution is 2.29. The van der Waals surface area contributed by atoms with E-state index < -0.39 is 5.79 Å². The van der Waals surface area contributed by atoms with Gasteiger partial charge in [0.2, 0.25) is 0 Å². The van der Waals surface area contributed by atoms with Gasteiger partial charge in [-0.3, -0.25) is 0 Å². The summed E-state index contributed by atoms with van der Waals surface area (Å²) in [5.41, 5.74) is 1.12. The maximum Gasteiger partial charge on any atom is 0.314 e. The van der Waals surface area contributed by atoms with Crippen molar-refractivity contribution in [3.05, 3.63) is 60.2 Å².